The number of carbonyl (C=O) groups excluding carboxylic acids is 4. The molecule has 2 aliphatic rings. The third kappa shape index (κ3) is 11.2. The molecule has 1 saturated heterocycles. The van der Waals surface area contributed by atoms with Crippen LogP contribution in [0.3, 0.4) is 0 Å². The Labute approximate surface area is 320 Å². The molecule has 14 nitrogen and oxygen atoms in total. The number of tetrazole rings is 1. The van der Waals surface area contributed by atoms with Gasteiger partial charge in [-0.3, -0.25) is 14.4 Å². The molecule has 0 radical (unpaired) electrons. The summed E-state index contributed by atoms with van der Waals surface area (Å²) in [5.41, 5.74) is 4.12. The largest absolute Gasteiger partial charge is 0.444 e. The smallest absolute Gasteiger partial charge is 0.407 e. The maximum absolute atomic E-state index is 13.8. The highest BCUT2D eigenvalue weighted by Gasteiger charge is 2.30. The lowest BCUT2D eigenvalue weighted by atomic mass is 9.81. The van der Waals surface area contributed by atoms with E-state index < -0.39 is 17.7 Å². The predicted octanol–water partition coefficient (Wildman–Crippen LogP) is 5.90. The number of aromatic nitrogens is 4. The van der Waals surface area contributed by atoms with Crippen molar-refractivity contribution < 1.29 is 28.7 Å². The van der Waals surface area contributed by atoms with Gasteiger partial charge in [-0.2, -0.15) is 5.21 Å². The monoisotopic (exact) mass is 750 g/mol. The number of nitrogens with one attached hydrogen (secondary N) is 5. The number of nitrogens with zero attached hydrogens (tertiary/aromatic N) is 3. The molecular weight excluding hydrogens is 701 g/mol. The van der Waals surface area contributed by atoms with Gasteiger partial charge in [0.25, 0.3) is 0 Å². The van der Waals surface area contributed by atoms with E-state index in [1.54, 1.807) is 24.3 Å². The first-order valence-electron chi connectivity index (χ1n) is 19.0. The van der Waals surface area contributed by atoms with E-state index >= 15 is 0 Å². The fourth-order valence-electron chi connectivity index (χ4n) is 6.98. The number of ether oxygens (including phenoxy) is 2. The van der Waals surface area contributed by atoms with E-state index in [9.17, 15) is 19.2 Å². The Balaban J connectivity index is 1.12. The Morgan fingerprint density at radius 2 is 1.49 bits per heavy atom. The van der Waals surface area contributed by atoms with Gasteiger partial charge < -0.3 is 30.7 Å². The standard InChI is InChI=1S/C41H50N8O6/c1-41(2,3)55-40(53)42-25-27-10-14-30(15-11-27)37(50)45-35(39(52)43-32-18-16-29(17-19-32)36-46-48-49-47-36)24-26-8-12-28(13-9-26)33-6-4-5-7-34(33)44-38(51)31-20-22-54-23-21-31/h4-9,12-13,16-19,27,30-31,35H,10-11,14-15,20-25H2,1-3H3,(H,42,53)(H,43,52)(H,44,51)(H,45,50)(H,46,47,48,49)/t27-,30-,35-/m0/s1. The van der Waals surface area contributed by atoms with Gasteiger partial charge in [-0.1, -0.05) is 42.5 Å². The van der Waals surface area contributed by atoms with Crippen LogP contribution in [0, 0.1) is 17.8 Å². The van der Waals surface area contributed by atoms with E-state index in [4.69, 9.17) is 9.47 Å². The van der Waals surface area contributed by atoms with Crippen LogP contribution in [0.4, 0.5) is 16.2 Å². The van der Waals surface area contributed by atoms with Crippen LogP contribution >= 0.6 is 0 Å². The third-order valence-electron chi connectivity index (χ3n) is 10.0. The van der Waals surface area contributed by atoms with Gasteiger partial charge in [0.1, 0.15) is 11.6 Å². The Hall–Kier alpha value is -5.63. The van der Waals surface area contributed by atoms with Crippen LogP contribution in [0.25, 0.3) is 22.5 Å². The van der Waals surface area contributed by atoms with Crippen molar-refractivity contribution in [2.24, 2.45) is 17.8 Å². The first-order valence-corrected chi connectivity index (χ1v) is 19.0. The number of anilines is 2. The van der Waals surface area contributed by atoms with Gasteiger partial charge in [0.05, 0.1) is 0 Å². The summed E-state index contributed by atoms with van der Waals surface area (Å²) < 4.78 is 10.8. The number of para-hydroxylation sites is 1. The molecule has 6 rings (SSSR count). The molecule has 290 valence electrons. The molecule has 14 heteroatoms. The highest BCUT2D eigenvalue weighted by atomic mass is 16.6. The Morgan fingerprint density at radius 1 is 0.818 bits per heavy atom. The zero-order chi connectivity index (χ0) is 38.8. The van der Waals surface area contributed by atoms with E-state index in [2.05, 4.69) is 41.9 Å². The summed E-state index contributed by atoms with van der Waals surface area (Å²) in [6.07, 6.45) is 4.07. The fourth-order valence-corrected chi connectivity index (χ4v) is 6.98. The Bertz CT molecular complexity index is 1900. The quantitative estimate of drug-likeness (QED) is 0.118. The van der Waals surface area contributed by atoms with Gasteiger partial charge in [0.15, 0.2) is 0 Å². The number of aromatic amines is 1. The van der Waals surface area contributed by atoms with Crippen molar-refractivity contribution in [3.05, 3.63) is 78.4 Å². The average Bonchev–Trinajstić information content (AvgIpc) is 3.73. The summed E-state index contributed by atoms with van der Waals surface area (Å²) in [5.74, 6) is -0.179. The zero-order valence-corrected chi connectivity index (χ0v) is 31.6. The van der Waals surface area contributed by atoms with Gasteiger partial charge in [-0.15, -0.1) is 10.2 Å². The van der Waals surface area contributed by atoms with E-state index in [0.29, 0.717) is 57.0 Å². The number of carbonyl (C=O) groups is 4. The van der Waals surface area contributed by atoms with Gasteiger partial charge in [0.2, 0.25) is 23.5 Å². The number of alkyl carbamates (subject to hydrolysis) is 1. The average molecular weight is 751 g/mol. The van der Waals surface area contributed by atoms with Crippen molar-refractivity contribution in [1.82, 2.24) is 31.3 Å². The van der Waals surface area contributed by atoms with Crippen LogP contribution < -0.4 is 21.3 Å². The minimum absolute atomic E-state index is 0.00706. The van der Waals surface area contributed by atoms with Crippen molar-refractivity contribution in [1.29, 1.82) is 0 Å². The van der Waals surface area contributed by atoms with E-state index in [-0.39, 0.29) is 41.9 Å². The molecule has 1 saturated carbocycles. The number of H-pyrrole nitrogens is 1. The second-order valence-corrected chi connectivity index (χ2v) is 15.3. The van der Waals surface area contributed by atoms with Crippen LogP contribution in [0.2, 0.25) is 0 Å². The zero-order valence-electron chi connectivity index (χ0n) is 31.6. The van der Waals surface area contributed by atoms with E-state index in [1.165, 1.54) is 0 Å². The predicted molar refractivity (Wildman–Crippen MR) is 208 cm³/mol. The lowest BCUT2D eigenvalue weighted by molar-refractivity contribution is -0.130. The van der Waals surface area contributed by atoms with E-state index in [0.717, 1.165) is 40.8 Å². The molecule has 1 aliphatic carbocycles. The topological polar surface area (TPSA) is 189 Å². The number of hydrogen-bond donors (Lipinski definition) is 5. The van der Waals surface area contributed by atoms with Crippen LogP contribution in [-0.2, 0) is 30.3 Å². The summed E-state index contributed by atoms with van der Waals surface area (Å²) in [7, 11) is 0. The second-order valence-electron chi connectivity index (χ2n) is 15.3. The highest BCUT2D eigenvalue weighted by molar-refractivity contribution is 5.98. The van der Waals surface area contributed by atoms with Crippen molar-refractivity contribution in [3.8, 4) is 22.5 Å². The first kappa shape index (κ1) is 39.1. The normalized spacial score (nSPS) is 18.1. The van der Waals surface area contributed by atoms with Crippen molar-refractivity contribution in [2.75, 3.05) is 30.4 Å². The second kappa shape index (κ2) is 18.1. The van der Waals surface area contributed by atoms with Crippen molar-refractivity contribution in [2.45, 2.75) is 77.4 Å². The molecule has 0 bridgehead atoms. The molecule has 0 spiro atoms. The first-order chi connectivity index (χ1) is 26.5. The van der Waals surface area contributed by atoms with Crippen molar-refractivity contribution >= 4 is 35.2 Å². The highest BCUT2D eigenvalue weighted by Crippen LogP contribution is 2.31. The van der Waals surface area contributed by atoms with Gasteiger partial charge in [-0.05, 0) is 112 Å². The molecule has 1 atom stereocenters. The molecule has 4 aromatic rings. The van der Waals surface area contributed by atoms with E-state index in [1.807, 2.05) is 69.3 Å². The summed E-state index contributed by atoms with van der Waals surface area (Å²) in [6, 6.07) is 21.7. The number of amides is 4. The maximum atomic E-state index is 13.8. The molecule has 5 N–H and O–H groups in total. The summed E-state index contributed by atoms with van der Waals surface area (Å²) in [4.78, 5) is 52.7. The maximum Gasteiger partial charge on any atom is 0.407 e. The minimum atomic E-state index is -0.854. The summed E-state index contributed by atoms with van der Waals surface area (Å²) in [5, 5.41) is 26.0. The number of rotatable bonds is 12. The van der Waals surface area contributed by atoms with Gasteiger partial charge >= 0.3 is 6.09 Å². The SMILES string of the molecule is CC(C)(C)OC(=O)NC[C@H]1CC[C@H](C(=O)N[C@@H](Cc2ccc(-c3ccccc3NC(=O)C3CCOCC3)cc2)C(=O)Nc2ccc(-c3nn[nH]n3)cc2)CC1. The molecule has 55 heavy (non-hydrogen) atoms. The molecule has 1 aromatic heterocycles. The third-order valence-corrected chi connectivity index (χ3v) is 10.0. The Kier molecular flexibility index (Phi) is 12.9. The minimum Gasteiger partial charge on any atom is -0.444 e. The Morgan fingerprint density at radius 3 is 2.16 bits per heavy atom. The molecule has 3 aromatic carbocycles. The molecule has 1 aliphatic heterocycles. The van der Waals surface area contributed by atoms with Crippen LogP contribution in [0.1, 0.15) is 64.9 Å². The van der Waals surface area contributed by atoms with Crippen LogP contribution in [0.5, 0.6) is 0 Å². The molecular formula is C41H50N8O6. The lowest BCUT2D eigenvalue weighted by Crippen LogP contribution is -2.48. The fraction of sp³-hybridized carbons (Fsp3) is 0.439. The molecule has 2 heterocycles. The van der Waals surface area contributed by atoms with Gasteiger partial charge in [0, 0.05) is 60.5 Å². The molecule has 4 amide bonds. The summed E-state index contributed by atoms with van der Waals surface area (Å²) >= 11 is 0. The van der Waals surface area contributed by atoms with Crippen LogP contribution in [0.15, 0.2) is 72.8 Å². The number of benzene rings is 3. The lowest BCUT2D eigenvalue weighted by Gasteiger charge is -2.29. The number of hydrogen-bond acceptors (Lipinski definition) is 9. The molecule has 0 unspecified atom stereocenters. The van der Waals surface area contributed by atoms with Crippen LogP contribution in [-0.4, -0.2) is 75.8 Å². The summed E-state index contributed by atoms with van der Waals surface area (Å²) in [6.45, 7) is 7.14. The van der Waals surface area contributed by atoms with Crippen molar-refractivity contribution in [3.63, 3.8) is 0 Å². The van der Waals surface area contributed by atoms with Gasteiger partial charge in [-0.25, -0.2) is 4.79 Å². The molecule has 2 fully saturated rings.